The van der Waals surface area contributed by atoms with Crippen LogP contribution in [-0.2, 0) is 7.05 Å². The molecule has 100 valence electrons. The molecule has 5 heteroatoms. The molecule has 0 atom stereocenters. The Bertz CT molecular complexity index is 581. The molecule has 0 amide bonds. The Morgan fingerprint density at radius 1 is 1.32 bits per heavy atom. The molecule has 1 fully saturated rings. The highest BCUT2D eigenvalue weighted by Gasteiger charge is 2.25. The van der Waals surface area contributed by atoms with Crippen molar-refractivity contribution in [1.29, 1.82) is 0 Å². The van der Waals surface area contributed by atoms with Gasteiger partial charge in [0.05, 0.1) is 0 Å². The molecule has 0 radical (unpaired) electrons. The zero-order valence-corrected chi connectivity index (χ0v) is 13.3. The summed E-state index contributed by atoms with van der Waals surface area (Å²) in [6.45, 7) is 2.02. The molecule has 2 aromatic heterocycles. The topological polar surface area (TPSA) is 41.7 Å². The number of nitrogens with zero attached hydrogens (tertiary/aromatic N) is 3. The molecule has 2 heterocycles. The van der Waals surface area contributed by atoms with Crippen molar-refractivity contribution in [3.8, 4) is 0 Å². The average Bonchev–Trinajstić information content (AvgIpc) is 3.11. The van der Waals surface area contributed by atoms with Gasteiger partial charge in [0.15, 0.2) is 12.4 Å². The third-order valence-corrected chi connectivity index (χ3v) is 3.07. The Morgan fingerprint density at radius 2 is 2.11 bits per heavy atom. The summed E-state index contributed by atoms with van der Waals surface area (Å²) in [4.78, 5) is 9.03. The first-order valence-electron chi connectivity index (χ1n) is 6.28. The zero-order valence-electron chi connectivity index (χ0n) is 11.1. The van der Waals surface area contributed by atoms with E-state index in [0.29, 0.717) is 11.9 Å². The van der Waals surface area contributed by atoms with Crippen molar-refractivity contribution in [3.05, 3.63) is 42.0 Å². The number of anilines is 2. The van der Waals surface area contributed by atoms with Crippen molar-refractivity contribution >= 4 is 11.6 Å². The molecule has 1 N–H and O–H groups in total. The lowest BCUT2D eigenvalue weighted by atomic mass is 10.2. The Kier molecular flexibility index (Phi) is 4.34. The minimum absolute atomic E-state index is 0. The highest BCUT2D eigenvalue weighted by Crippen LogP contribution is 2.39. The van der Waals surface area contributed by atoms with E-state index < -0.39 is 0 Å². The van der Waals surface area contributed by atoms with Gasteiger partial charge in [-0.3, -0.25) is 0 Å². The number of aromatic nitrogens is 3. The third-order valence-electron chi connectivity index (χ3n) is 3.07. The van der Waals surface area contributed by atoms with E-state index in [2.05, 4.69) is 21.4 Å². The summed E-state index contributed by atoms with van der Waals surface area (Å²) in [5.74, 6) is 1.35. The number of nitrogens with one attached hydrogen (secondary N) is 1. The van der Waals surface area contributed by atoms with Crippen LogP contribution in [0.3, 0.4) is 0 Å². The average molecular weight is 368 g/mol. The fraction of sp³-hybridized carbons (Fsp3) is 0.357. The Balaban J connectivity index is 0.00000133. The molecule has 3 rings (SSSR count). The summed E-state index contributed by atoms with van der Waals surface area (Å²) in [5, 5.41) is 3.27. The van der Waals surface area contributed by atoms with E-state index >= 15 is 0 Å². The first-order valence-corrected chi connectivity index (χ1v) is 6.28. The van der Waals surface area contributed by atoms with Crippen molar-refractivity contribution in [2.45, 2.75) is 25.7 Å². The summed E-state index contributed by atoms with van der Waals surface area (Å²) in [5.41, 5.74) is 3.20. The maximum atomic E-state index is 4.59. The Morgan fingerprint density at radius 3 is 2.79 bits per heavy atom. The quantitative estimate of drug-likeness (QED) is 0.572. The smallest absolute Gasteiger partial charge is 0.227 e. The van der Waals surface area contributed by atoms with E-state index in [1.54, 1.807) is 0 Å². The van der Waals surface area contributed by atoms with Gasteiger partial charge in [-0.2, -0.15) is 0 Å². The van der Waals surface area contributed by atoms with E-state index in [9.17, 15) is 0 Å². The number of aryl methyl sites for hydroxylation is 2. The largest absolute Gasteiger partial charge is 1.00 e. The summed E-state index contributed by atoms with van der Waals surface area (Å²) in [6, 6.07) is 6.11. The number of hydrogen-bond acceptors (Lipinski definition) is 3. The van der Waals surface area contributed by atoms with E-state index in [-0.39, 0.29) is 24.0 Å². The normalized spacial score (nSPS) is 13.8. The van der Waals surface area contributed by atoms with Gasteiger partial charge in [-0.15, -0.1) is 0 Å². The zero-order chi connectivity index (χ0) is 12.5. The standard InChI is InChI=1S/C14H17N4.HI/c1-10-8-13(11-5-6-11)17-14(15-10)16-12-4-3-7-18(2)9-12;/h3-4,7-9,11H,5-6H2,1-2H3,(H,15,16,17);1H/q+1;/p-1. The molecule has 0 aromatic carbocycles. The van der Waals surface area contributed by atoms with Gasteiger partial charge in [0.2, 0.25) is 5.95 Å². The maximum Gasteiger partial charge on any atom is 0.227 e. The predicted molar refractivity (Wildman–Crippen MR) is 69.6 cm³/mol. The molecule has 0 aliphatic heterocycles. The molecule has 0 bridgehead atoms. The number of rotatable bonds is 3. The minimum atomic E-state index is 0. The first kappa shape index (κ1) is 14.2. The van der Waals surface area contributed by atoms with Crippen LogP contribution in [0.25, 0.3) is 0 Å². The van der Waals surface area contributed by atoms with E-state index in [0.717, 1.165) is 11.4 Å². The van der Waals surface area contributed by atoms with Crippen LogP contribution in [-0.4, -0.2) is 9.97 Å². The van der Waals surface area contributed by atoms with E-state index in [1.807, 2.05) is 43.1 Å². The maximum absolute atomic E-state index is 4.59. The predicted octanol–water partition coefficient (Wildman–Crippen LogP) is -0.765. The lowest BCUT2D eigenvalue weighted by Crippen LogP contribution is -3.00. The van der Waals surface area contributed by atoms with Crippen molar-refractivity contribution in [2.24, 2.45) is 7.05 Å². The first-order chi connectivity index (χ1) is 8.70. The second-order valence-corrected chi connectivity index (χ2v) is 4.92. The van der Waals surface area contributed by atoms with Gasteiger partial charge >= 0.3 is 0 Å². The lowest BCUT2D eigenvalue weighted by Gasteiger charge is -2.06. The fourth-order valence-electron chi connectivity index (χ4n) is 2.03. The number of pyridine rings is 1. The fourth-order valence-corrected chi connectivity index (χ4v) is 2.03. The Labute approximate surface area is 130 Å². The van der Waals surface area contributed by atoms with E-state index in [1.165, 1.54) is 18.5 Å². The van der Waals surface area contributed by atoms with Gasteiger partial charge in [-0.05, 0) is 31.9 Å². The summed E-state index contributed by atoms with van der Waals surface area (Å²) in [6.07, 6.45) is 6.53. The van der Waals surface area contributed by atoms with Crippen molar-refractivity contribution < 1.29 is 28.5 Å². The third kappa shape index (κ3) is 3.62. The molecule has 19 heavy (non-hydrogen) atoms. The molecular weight excluding hydrogens is 351 g/mol. The summed E-state index contributed by atoms with van der Waals surface area (Å²) in [7, 11) is 2.00. The molecule has 2 aromatic rings. The highest BCUT2D eigenvalue weighted by atomic mass is 127. The SMILES string of the molecule is Cc1cc(C2CC2)nc(Nc2ccc[n+](C)c2)n1.[I-]. The second kappa shape index (κ2) is 5.81. The molecule has 4 nitrogen and oxygen atoms in total. The molecule has 1 saturated carbocycles. The van der Waals surface area contributed by atoms with Crippen molar-refractivity contribution in [3.63, 3.8) is 0 Å². The second-order valence-electron chi connectivity index (χ2n) is 4.92. The Hall–Kier alpha value is -1.24. The van der Waals surface area contributed by atoms with Crippen LogP contribution in [0, 0.1) is 6.92 Å². The minimum Gasteiger partial charge on any atom is -1.00 e. The molecule has 0 saturated heterocycles. The number of hydrogen-bond donors (Lipinski definition) is 1. The van der Waals surface area contributed by atoms with Crippen LogP contribution >= 0.6 is 0 Å². The molecular formula is C14H17IN4. The van der Waals surface area contributed by atoms with Gasteiger partial charge in [-0.1, -0.05) is 0 Å². The van der Waals surface area contributed by atoms with Crippen LogP contribution in [0.1, 0.15) is 30.1 Å². The summed E-state index contributed by atoms with van der Waals surface area (Å²) >= 11 is 0. The van der Waals surface area contributed by atoms with Crippen LogP contribution in [0.15, 0.2) is 30.6 Å². The van der Waals surface area contributed by atoms with Crippen LogP contribution in [0.4, 0.5) is 11.6 Å². The molecule has 0 spiro atoms. The van der Waals surface area contributed by atoms with Gasteiger partial charge in [0.1, 0.15) is 12.7 Å². The molecule has 1 aliphatic carbocycles. The molecule has 1 aliphatic rings. The van der Waals surface area contributed by atoms with Gasteiger partial charge < -0.3 is 29.3 Å². The summed E-state index contributed by atoms with van der Waals surface area (Å²) < 4.78 is 2.00. The number of halogens is 1. The highest BCUT2D eigenvalue weighted by molar-refractivity contribution is 5.50. The van der Waals surface area contributed by atoms with Gasteiger partial charge in [0.25, 0.3) is 0 Å². The van der Waals surface area contributed by atoms with Crippen molar-refractivity contribution in [2.75, 3.05) is 5.32 Å². The van der Waals surface area contributed by atoms with Crippen molar-refractivity contribution in [1.82, 2.24) is 9.97 Å². The van der Waals surface area contributed by atoms with E-state index in [4.69, 9.17) is 0 Å². The van der Waals surface area contributed by atoms with Crippen LogP contribution in [0.5, 0.6) is 0 Å². The van der Waals surface area contributed by atoms with Crippen LogP contribution in [0.2, 0.25) is 0 Å². The molecule has 0 unspecified atom stereocenters. The van der Waals surface area contributed by atoms with Gasteiger partial charge in [-0.25, -0.2) is 14.5 Å². The lowest BCUT2D eigenvalue weighted by molar-refractivity contribution is -0.670. The van der Waals surface area contributed by atoms with Crippen LogP contribution < -0.4 is 33.9 Å². The van der Waals surface area contributed by atoms with Gasteiger partial charge in [0, 0.05) is 23.4 Å². The monoisotopic (exact) mass is 368 g/mol.